The standard InChI is InChI=1S/C15H20BrNO2/c1-18-14-4-2-3-7-15(14)9-12(17)11-6-5-10(16)8-13(11)19-15/h5-6,8,12,14H,2-4,7,9,17H2,1H3. The third-order valence-electron chi connectivity index (χ3n) is 4.44. The number of nitrogens with two attached hydrogens (primary N) is 1. The largest absolute Gasteiger partial charge is 0.484 e. The zero-order chi connectivity index (χ0) is 13.5. The summed E-state index contributed by atoms with van der Waals surface area (Å²) >= 11 is 3.50. The molecule has 0 aromatic heterocycles. The molecule has 0 radical (unpaired) electrons. The Morgan fingerprint density at radius 1 is 1.42 bits per heavy atom. The van der Waals surface area contributed by atoms with Crippen LogP contribution in [-0.4, -0.2) is 18.8 Å². The zero-order valence-electron chi connectivity index (χ0n) is 11.2. The molecule has 3 unspecified atom stereocenters. The lowest BCUT2D eigenvalue weighted by Gasteiger charge is -2.47. The summed E-state index contributed by atoms with van der Waals surface area (Å²) in [4.78, 5) is 0. The van der Waals surface area contributed by atoms with E-state index in [4.69, 9.17) is 15.2 Å². The van der Waals surface area contributed by atoms with Gasteiger partial charge in [-0.1, -0.05) is 28.4 Å². The molecular formula is C15H20BrNO2. The SMILES string of the molecule is COC1CCCCC12CC(N)c1ccc(Br)cc1O2. The van der Waals surface area contributed by atoms with Crippen molar-refractivity contribution in [3.63, 3.8) is 0 Å². The van der Waals surface area contributed by atoms with Crippen LogP contribution in [0.5, 0.6) is 5.75 Å². The highest BCUT2D eigenvalue weighted by Crippen LogP contribution is 2.46. The minimum atomic E-state index is -0.236. The van der Waals surface area contributed by atoms with Gasteiger partial charge in [-0.15, -0.1) is 0 Å². The van der Waals surface area contributed by atoms with Crippen LogP contribution in [0.1, 0.15) is 43.7 Å². The fourth-order valence-corrected chi connectivity index (χ4v) is 3.85. The maximum Gasteiger partial charge on any atom is 0.137 e. The first-order valence-corrected chi connectivity index (χ1v) is 7.71. The van der Waals surface area contributed by atoms with E-state index >= 15 is 0 Å². The van der Waals surface area contributed by atoms with E-state index in [1.807, 2.05) is 12.1 Å². The van der Waals surface area contributed by atoms with Gasteiger partial charge in [0.15, 0.2) is 0 Å². The van der Waals surface area contributed by atoms with Gasteiger partial charge < -0.3 is 15.2 Å². The van der Waals surface area contributed by atoms with Gasteiger partial charge in [-0.05, 0) is 31.4 Å². The second kappa shape index (κ2) is 5.08. The van der Waals surface area contributed by atoms with E-state index in [0.717, 1.165) is 35.0 Å². The minimum Gasteiger partial charge on any atom is -0.484 e. The molecule has 1 aromatic carbocycles. The monoisotopic (exact) mass is 325 g/mol. The van der Waals surface area contributed by atoms with Gasteiger partial charge in [0.05, 0.1) is 6.10 Å². The number of halogens is 1. The van der Waals surface area contributed by atoms with Crippen LogP contribution < -0.4 is 10.5 Å². The van der Waals surface area contributed by atoms with Gasteiger partial charge >= 0.3 is 0 Å². The molecule has 1 aromatic rings. The predicted molar refractivity (Wildman–Crippen MR) is 78.3 cm³/mol. The highest BCUT2D eigenvalue weighted by atomic mass is 79.9. The van der Waals surface area contributed by atoms with Crippen molar-refractivity contribution in [2.24, 2.45) is 5.73 Å². The minimum absolute atomic E-state index is 0.0348. The third kappa shape index (κ3) is 2.30. The summed E-state index contributed by atoms with van der Waals surface area (Å²) in [6.07, 6.45) is 5.50. The molecule has 1 fully saturated rings. The quantitative estimate of drug-likeness (QED) is 0.858. The lowest BCUT2D eigenvalue weighted by atomic mass is 9.75. The van der Waals surface area contributed by atoms with Gasteiger partial charge in [-0.3, -0.25) is 0 Å². The molecule has 2 aliphatic rings. The van der Waals surface area contributed by atoms with Crippen LogP contribution in [-0.2, 0) is 4.74 Å². The van der Waals surface area contributed by atoms with Gasteiger partial charge in [0.2, 0.25) is 0 Å². The summed E-state index contributed by atoms with van der Waals surface area (Å²) in [5, 5.41) is 0. The first kappa shape index (κ1) is 13.4. The van der Waals surface area contributed by atoms with Crippen molar-refractivity contribution in [3.8, 4) is 5.75 Å². The van der Waals surface area contributed by atoms with Gasteiger partial charge in [0.25, 0.3) is 0 Å². The van der Waals surface area contributed by atoms with Crippen molar-refractivity contribution >= 4 is 15.9 Å². The molecule has 1 aliphatic heterocycles. The Balaban J connectivity index is 1.98. The Morgan fingerprint density at radius 2 is 2.26 bits per heavy atom. The van der Waals surface area contributed by atoms with Crippen molar-refractivity contribution in [2.45, 2.75) is 49.9 Å². The molecule has 104 valence electrons. The number of ether oxygens (including phenoxy) is 2. The smallest absolute Gasteiger partial charge is 0.137 e. The average Bonchev–Trinajstić information content (AvgIpc) is 2.38. The highest BCUT2D eigenvalue weighted by Gasteiger charge is 2.47. The van der Waals surface area contributed by atoms with Crippen molar-refractivity contribution < 1.29 is 9.47 Å². The van der Waals surface area contributed by atoms with Gasteiger partial charge in [0, 0.05) is 29.6 Å². The lowest BCUT2D eigenvalue weighted by molar-refractivity contribution is -0.114. The van der Waals surface area contributed by atoms with Crippen LogP contribution in [0, 0.1) is 0 Å². The van der Waals surface area contributed by atoms with E-state index in [9.17, 15) is 0 Å². The fraction of sp³-hybridized carbons (Fsp3) is 0.600. The van der Waals surface area contributed by atoms with Gasteiger partial charge in [0.1, 0.15) is 11.4 Å². The molecule has 0 bridgehead atoms. The van der Waals surface area contributed by atoms with Crippen LogP contribution in [0.4, 0.5) is 0 Å². The summed E-state index contributed by atoms with van der Waals surface area (Å²) in [7, 11) is 1.78. The van der Waals surface area contributed by atoms with Crippen LogP contribution in [0.15, 0.2) is 22.7 Å². The summed E-state index contributed by atoms with van der Waals surface area (Å²) < 4.78 is 13.1. The first-order chi connectivity index (χ1) is 9.14. The zero-order valence-corrected chi connectivity index (χ0v) is 12.8. The molecule has 2 N–H and O–H groups in total. The maximum absolute atomic E-state index is 6.38. The highest BCUT2D eigenvalue weighted by molar-refractivity contribution is 9.10. The van der Waals surface area contributed by atoms with Gasteiger partial charge in [-0.2, -0.15) is 0 Å². The van der Waals surface area contributed by atoms with E-state index in [-0.39, 0.29) is 17.7 Å². The summed E-state index contributed by atoms with van der Waals surface area (Å²) in [5.41, 5.74) is 7.24. The molecule has 0 saturated heterocycles. The van der Waals surface area contributed by atoms with E-state index < -0.39 is 0 Å². The summed E-state index contributed by atoms with van der Waals surface area (Å²) in [6, 6.07) is 6.14. The Bertz CT molecular complexity index is 479. The molecule has 19 heavy (non-hydrogen) atoms. The Hall–Kier alpha value is -0.580. The first-order valence-electron chi connectivity index (χ1n) is 6.91. The van der Waals surface area contributed by atoms with Crippen LogP contribution in [0.25, 0.3) is 0 Å². The molecule has 0 amide bonds. The van der Waals surface area contributed by atoms with Gasteiger partial charge in [-0.25, -0.2) is 0 Å². The fourth-order valence-electron chi connectivity index (χ4n) is 3.51. The van der Waals surface area contributed by atoms with E-state index in [1.165, 1.54) is 12.8 Å². The number of hydrogen-bond acceptors (Lipinski definition) is 3. The molecule has 3 nitrogen and oxygen atoms in total. The number of hydrogen-bond donors (Lipinski definition) is 1. The maximum atomic E-state index is 6.38. The molecule has 1 saturated carbocycles. The molecule has 1 spiro atoms. The van der Waals surface area contributed by atoms with Crippen molar-refractivity contribution in [3.05, 3.63) is 28.2 Å². The Kier molecular flexibility index (Phi) is 3.58. The lowest BCUT2D eigenvalue weighted by Crippen LogP contribution is -2.54. The van der Waals surface area contributed by atoms with E-state index in [2.05, 4.69) is 22.0 Å². The Labute approximate surface area is 122 Å². The molecule has 3 atom stereocenters. The van der Waals surface area contributed by atoms with E-state index in [0.29, 0.717) is 0 Å². The molecule has 4 heteroatoms. The number of rotatable bonds is 1. The summed E-state index contributed by atoms with van der Waals surface area (Å²) in [6.45, 7) is 0. The summed E-state index contributed by atoms with van der Waals surface area (Å²) in [5.74, 6) is 0.914. The second-order valence-corrected chi connectivity index (χ2v) is 6.55. The molecule has 1 heterocycles. The van der Waals surface area contributed by atoms with Crippen molar-refractivity contribution in [2.75, 3.05) is 7.11 Å². The normalized spacial score (nSPS) is 33.8. The predicted octanol–water partition coefficient (Wildman–Crippen LogP) is 3.56. The number of methoxy groups -OCH3 is 1. The third-order valence-corrected chi connectivity index (χ3v) is 4.93. The molecular weight excluding hydrogens is 306 g/mol. The van der Waals surface area contributed by atoms with E-state index in [1.54, 1.807) is 7.11 Å². The topological polar surface area (TPSA) is 44.5 Å². The van der Waals surface area contributed by atoms with Crippen LogP contribution >= 0.6 is 15.9 Å². The van der Waals surface area contributed by atoms with Crippen molar-refractivity contribution in [1.29, 1.82) is 0 Å². The van der Waals surface area contributed by atoms with Crippen LogP contribution in [0.3, 0.4) is 0 Å². The van der Waals surface area contributed by atoms with Crippen LogP contribution in [0.2, 0.25) is 0 Å². The molecule has 1 aliphatic carbocycles. The Morgan fingerprint density at radius 3 is 3.05 bits per heavy atom. The molecule has 3 rings (SSSR count). The average molecular weight is 326 g/mol. The number of fused-ring (bicyclic) bond motifs is 1. The number of benzene rings is 1. The second-order valence-electron chi connectivity index (χ2n) is 5.63. The van der Waals surface area contributed by atoms with Crippen molar-refractivity contribution in [1.82, 2.24) is 0 Å².